The lowest BCUT2D eigenvalue weighted by atomic mass is 10.2. The van der Waals surface area contributed by atoms with Gasteiger partial charge in [-0.25, -0.2) is 19.3 Å². The number of hydrogen-bond donors (Lipinski definition) is 0. The van der Waals surface area contributed by atoms with Crippen LogP contribution in [0.2, 0.25) is 5.15 Å². The molecule has 0 amide bonds. The van der Waals surface area contributed by atoms with E-state index in [-0.39, 0.29) is 0 Å². The first-order chi connectivity index (χ1) is 7.33. The molecule has 0 aromatic carbocycles. The smallest absolute Gasteiger partial charge is 0.199 e. The van der Waals surface area contributed by atoms with E-state index < -0.39 is 20.0 Å². The molecule has 0 spiro atoms. The number of nitro groups is 1. The van der Waals surface area contributed by atoms with E-state index in [9.17, 15) is 14.3 Å². The Morgan fingerprint density at radius 2 is 2.25 bits per heavy atom. The molecular formula is C8H10ClN3O3S. The van der Waals surface area contributed by atoms with Crippen LogP contribution in [-0.4, -0.2) is 20.5 Å². The highest BCUT2D eigenvalue weighted by Crippen LogP contribution is 2.22. The van der Waals surface area contributed by atoms with Gasteiger partial charge in [0.25, 0.3) is 0 Å². The van der Waals surface area contributed by atoms with Gasteiger partial charge in [0.15, 0.2) is 5.03 Å². The highest BCUT2D eigenvalue weighted by molar-refractivity contribution is 7.93. The van der Waals surface area contributed by atoms with E-state index in [1.807, 2.05) is 0 Å². The molecule has 88 valence electrons. The zero-order chi connectivity index (χ0) is 12.3. The van der Waals surface area contributed by atoms with Crippen LogP contribution in [0.3, 0.4) is 0 Å². The second-order valence-corrected chi connectivity index (χ2v) is 6.22. The maximum Gasteiger partial charge on any atom is 0.199 e. The van der Waals surface area contributed by atoms with Gasteiger partial charge in [0.2, 0.25) is 0 Å². The van der Waals surface area contributed by atoms with Crippen LogP contribution in [0.25, 0.3) is 0 Å². The molecule has 0 saturated heterocycles. The molecule has 0 radical (unpaired) electrons. The SMILES string of the molecule is CC(c1ccc(Cl)nc1)S(C)(=O)=N[N+](=O)[O-]. The van der Waals surface area contributed by atoms with Crippen molar-refractivity contribution in [1.29, 1.82) is 0 Å². The number of halogens is 1. The Hall–Kier alpha value is -1.21. The molecule has 0 aliphatic carbocycles. The molecule has 0 aliphatic rings. The lowest BCUT2D eigenvalue weighted by Gasteiger charge is -2.10. The normalized spacial score (nSPS) is 16.2. The summed E-state index contributed by atoms with van der Waals surface area (Å²) < 4.78 is 14.9. The Balaban J connectivity index is 3.12. The first kappa shape index (κ1) is 12.9. The van der Waals surface area contributed by atoms with Gasteiger partial charge in [-0.2, -0.15) is 0 Å². The van der Waals surface area contributed by atoms with Crippen LogP contribution in [0.15, 0.2) is 22.8 Å². The summed E-state index contributed by atoms with van der Waals surface area (Å²) in [5.41, 5.74) is 0.600. The van der Waals surface area contributed by atoms with Crippen molar-refractivity contribution in [2.75, 3.05) is 6.26 Å². The van der Waals surface area contributed by atoms with Gasteiger partial charge >= 0.3 is 0 Å². The van der Waals surface area contributed by atoms with Crippen LogP contribution >= 0.6 is 11.6 Å². The van der Waals surface area contributed by atoms with Gasteiger partial charge in [-0.1, -0.05) is 17.7 Å². The average Bonchev–Trinajstić information content (AvgIpc) is 2.16. The minimum atomic E-state index is -2.93. The summed E-state index contributed by atoms with van der Waals surface area (Å²) in [4.78, 5) is 14.0. The second kappa shape index (κ2) is 4.75. The minimum Gasteiger partial charge on any atom is -0.244 e. The van der Waals surface area contributed by atoms with Crippen molar-refractivity contribution in [3.8, 4) is 0 Å². The third-order valence-electron chi connectivity index (χ3n) is 2.10. The summed E-state index contributed by atoms with van der Waals surface area (Å²) in [5.74, 6) is 0. The van der Waals surface area contributed by atoms with Gasteiger partial charge in [-0.3, -0.25) is 0 Å². The molecule has 0 N–H and O–H groups in total. The Bertz CT molecular complexity index is 508. The van der Waals surface area contributed by atoms with Crippen LogP contribution in [0.4, 0.5) is 0 Å². The van der Waals surface area contributed by atoms with Gasteiger partial charge in [-0.05, 0) is 18.6 Å². The lowest BCUT2D eigenvalue weighted by Crippen LogP contribution is -2.10. The maximum atomic E-state index is 11.9. The molecule has 6 nitrogen and oxygen atoms in total. The third kappa shape index (κ3) is 3.14. The van der Waals surface area contributed by atoms with E-state index in [2.05, 4.69) is 9.46 Å². The quantitative estimate of drug-likeness (QED) is 0.475. The fourth-order valence-corrected chi connectivity index (χ4v) is 2.25. The number of aromatic nitrogens is 1. The van der Waals surface area contributed by atoms with Gasteiger partial charge in [0.1, 0.15) is 19.4 Å². The van der Waals surface area contributed by atoms with E-state index in [0.29, 0.717) is 10.7 Å². The van der Waals surface area contributed by atoms with Crippen LogP contribution in [0, 0.1) is 10.1 Å². The molecule has 16 heavy (non-hydrogen) atoms. The maximum absolute atomic E-state index is 11.9. The number of hydrogen-bond acceptors (Lipinski definition) is 4. The molecule has 1 aromatic heterocycles. The molecule has 2 atom stereocenters. The standard InChI is InChI=1S/C8H10ClN3O3S/c1-6(16(2,15)11-12(13)14)7-3-4-8(9)10-5-7/h3-6H,1-2H3. The van der Waals surface area contributed by atoms with Crippen molar-refractivity contribution in [3.05, 3.63) is 39.2 Å². The zero-order valence-electron chi connectivity index (χ0n) is 8.66. The number of nitrogens with zero attached hydrogens (tertiary/aromatic N) is 3. The van der Waals surface area contributed by atoms with E-state index >= 15 is 0 Å². The van der Waals surface area contributed by atoms with Crippen LogP contribution in [0.1, 0.15) is 17.7 Å². The largest absolute Gasteiger partial charge is 0.244 e. The van der Waals surface area contributed by atoms with Gasteiger partial charge in [-0.15, -0.1) is 0 Å². The van der Waals surface area contributed by atoms with Gasteiger partial charge < -0.3 is 0 Å². The van der Waals surface area contributed by atoms with E-state index in [0.717, 1.165) is 0 Å². The van der Waals surface area contributed by atoms with Crippen molar-refractivity contribution in [2.45, 2.75) is 12.2 Å². The van der Waals surface area contributed by atoms with Gasteiger partial charge in [0.05, 0.1) is 5.25 Å². The molecule has 0 aliphatic heterocycles. The third-order valence-corrected chi connectivity index (χ3v) is 4.37. The van der Waals surface area contributed by atoms with Crippen molar-refractivity contribution >= 4 is 21.3 Å². The highest BCUT2D eigenvalue weighted by atomic mass is 35.5. The first-order valence-electron chi connectivity index (χ1n) is 4.29. The summed E-state index contributed by atoms with van der Waals surface area (Å²) in [5, 5.41) is 9.03. The predicted molar refractivity (Wildman–Crippen MR) is 61.2 cm³/mol. The van der Waals surface area contributed by atoms with Crippen LogP contribution in [0.5, 0.6) is 0 Å². The Morgan fingerprint density at radius 1 is 1.62 bits per heavy atom. The van der Waals surface area contributed by atoms with Gasteiger partial charge in [0, 0.05) is 12.5 Å². The minimum absolute atomic E-state index is 0.310. The van der Waals surface area contributed by atoms with E-state index in [4.69, 9.17) is 11.6 Å². The summed E-state index contributed by atoms with van der Waals surface area (Å²) in [6.45, 7) is 1.60. The Labute approximate surface area is 98.0 Å². The highest BCUT2D eigenvalue weighted by Gasteiger charge is 2.20. The molecule has 2 unspecified atom stereocenters. The summed E-state index contributed by atoms with van der Waals surface area (Å²) >= 11 is 5.60. The molecule has 1 aromatic rings. The van der Waals surface area contributed by atoms with Crippen molar-refractivity contribution in [1.82, 2.24) is 4.98 Å². The predicted octanol–water partition coefficient (Wildman–Crippen LogP) is 2.09. The Morgan fingerprint density at radius 3 is 2.69 bits per heavy atom. The molecule has 0 saturated carbocycles. The summed E-state index contributed by atoms with van der Waals surface area (Å²) in [6, 6.07) is 3.16. The average molecular weight is 264 g/mol. The van der Waals surface area contributed by atoms with E-state index in [1.165, 1.54) is 18.5 Å². The fraction of sp³-hybridized carbons (Fsp3) is 0.375. The Kier molecular flexibility index (Phi) is 3.82. The lowest BCUT2D eigenvalue weighted by molar-refractivity contribution is -0.482. The van der Waals surface area contributed by atoms with E-state index in [1.54, 1.807) is 13.0 Å². The molecule has 0 fully saturated rings. The zero-order valence-corrected chi connectivity index (χ0v) is 10.2. The van der Waals surface area contributed by atoms with Crippen LogP contribution in [-0.2, 0) is 9.73 Å². The molecule has 0 bridgehead atoms. The molecule has 1 heterocycles. The first-order valence-corrected chi connectivity index (χ1v) is 6.66. The molecule has 8 heteroatoms. The van der Waals surface area contributed by atoms with Crippen molar-refractivity contribution in [3.63, 3.8) is 0 Å². The molecule has 1 rings (SSSR count). The monoisotopic (exact) mass is 263 g/mol. The van der Waals surface area contributed by atoms with Crippen molar-refractivity contribution < 1.29 is 9.24 Å². The summed E-state index contributed by atoms with van der Waals surface area (Å²) in [7, 11) is -2.93. The second-order valence-electron chi connectivity index (χ2n) is 3.24. The fourth-order valence-electron chi connectivity index (χ4n) is 1.08. The molecular weight excluding hydrogens is 254 g/mol. The topological polar surface area (TPSA) is 85.5 Å². The summed E-state index contributed by atoms with van der Waals surface area (Å²) in [6.07, 6.45) is 2.68. The number of rotatable bonds is 3. The van der Waals surface area contributed by atoms with Crippen LogP contribution < -0.4 is 0 Å². The van der Waals surface area contributed by atoms with Crippen molar-refractivity contribution in [2.24, 2.45) is 4.47 Å². The number of pyridine rings is 1.